The number of aliphatic carboxylic acids is 2. The first kappa shape index (κ1) is 14.3. The number of hydrogen-bond acceptors (Lipinski definition) is 2. The average molecular weight is 296 g/mol. The molecule has 3 rings (SSSR count). The van der Waals surface area contributed by atoms with Gasteiger partial charge in [0.1, 0.15) is 0 Å². The van der Waals surface area contributed by atoms with Crippen molar-refractivity contribution in [3.8, 4) is 11.1 Å². The van der Waals surface area contributed by atoms with Crippen molar-refractivity contribution in [3.05, 3.63) is 59.7 Å². The first-order chi connectivity index (χ1) is 10.6. The fourth-order valence-electron chi connectivity index (χ4n) is 3.20. The highest BCUT2D eigenvalue weighted by molar-refractivity contribution is 5.82. The smallest absolute Gasteiger partial charge is 0.307 e. The third-order valence-corrected chi connectivity index (χ3v) is 4.32. The van der Waals surface area contributed by atoms with Crippen molar-refractivity contribution in [3.63, 3.8) is 0 Å². The topological polar surface area (TPSA) is 74.6 Å². The van der Waals surface area contributed by atoms with E-state index < -0.39 is 23.8 Å². The predicted molar refractivity (Wildman–Crippen MR) is 81.5 cm³/mol. The molecule has 0 spiro atoms. The molecule has 1 aliphatic carbocycles. The number of fused-ring (bicyclic) bond motifs is 3. The van der Waals surface area contributed by atoms with Crippen LogP contribution >= 0.6 is 0 Å². The third-order valence-electron chi connectivity index (χ3n) is 4.32. The van der Waals surface area contributed by atoms with Gasteiger partial charge in [-0.3, -0.25) is 9.59 Å². The van der Waals surface area contributed by atoms with Crippen LogP contribution in [0.25, 0.3) is 11.1 Å². The second-order valence-electron chi connectivity index (χ2n) is 5.61. The van der Waals surface area contributed by atoms with Crippen LogP contribution in [0.4, 0.5) is 0 Å². The van der Waals surface area contributed by atoms with Gasteiger partial charge in [-0.15, -0.1) is 0 Å². The molecule has 2 aromatic rings. The standard InChI is InChI=1S/C18H16O4/c19-17(20)15-9-11-5-1-3-7-13(11)14-8-4-2-6-12(14)10-16(15)18(21)22/h1-8,15-16H,9-10H2,(H,19,20)(H,21,22)/t15-,16+. The molecule has 0 aliphatic heterocycles. The number of rotatable bonds is 2. The van der Waals surface area contributed by atoms with E-state index in [1.165, 1.54) is 0 Å². The van der Waals surface area contributed by atoms with Gasteiger partial charge in [-0.2, -0.15) is 0 Å². The van der Waals surface area contributed by atoms with Gasteiger partial charge in [0.15, 0.2) is 0 Å². The molecule has 112 valence electrons. The molecule has 2 aromatic carbocycles. The maximum absolute atomic E-state index is 11.6. The highest BCUT2D eigenvalue weighted by Crippen LogP contribution is 2.35. The van der Waals surface area contributed by atoms with Gasteiger partial charge in [0.2, 0.25) is 0 Å². The van der Waals surface area contributed by atoms with E-state index in [0.29, 0.717) is 0 Å². The van der Waals surface area contributed by atoms with Crippen molar-refractivity contribution in [2.45, 2.75) is 12.8 Å². The molecule has 0 unspecified atom stereocenters. The molecule has 0 fully saturated rings. The minimum atomic E-state index is -1.05. The minimum Gasteiger partial charge on any atom is -0.481 e. The zero-order valence-electron chi connectivity index (χ0n) is 11.9. The molecule has 0 bridgehead atoms. The lowest BCUT2D eigenvalue weighted by Crippen LogP contribution is -2.34. The number of hydrogen-bond donors (Lipinski definition) is 2. The van der Waals surface area contributed by atoms with E-state index in [2.05, 4.69) is 0 Å². The molecule has 0 amide bonds. The van der Waals surface area contributed by atoms with Gasteiger partial charge in [-0.1, -0.05) is 48.5 Å². The highest BCUT2D eigenvalue weighted by Gasteiger charge is 2.36. The van der Waals surface area contributed by atoms with Gasteiger partial charge < -0.3 is 10.2 Å². The molecule has 0 saturated heterocycles. The molecule has 0 saturated carbocycles. The van der Waals surface area contributed by atoms with Crippen molar-refractivity contribution >= 4 is 11.9 Å². The van der Waals surface area contributed by atoms with E-state index in [9.17, 15) is 19.8 Å². The van der Waals surface area contributed by atoms with Gasteiger partial charge in [-0.05, 0) is 35.1 Å². The Morgan fingerprint density at radius 2 is 1.09 bits per heavy atom. The summed E-state index contributed by atoms with van der Waals surface area (Å²) in [5.74, 6) is -3.96. The summed E-state index contributed by atoms with van der Waals surface area (Å²) in [6.07, 6.45) is 0.466. The molecule has 1 aliphatic rings. The van der Waals surface area contributed by atoms with Gasteiger partial charge in [0, 0.05) is 0 Å². The Morgan fingerprint density at radius 3 is 1.45 bits per heavy atom. The van der Waals surface area contributed by atoms with E-state index in [-0.39, 0.29) is 12.8 Å². The largest absolute Gasteiger partial charge is 0.481 e. The number of benzene rings is 2. The molecule has 4 nitrogen and oxygen atoms in total. The van der Waals surface area contributed by atoms with E-state index in [0.717, 1.165) is 22.3 Å². The molecule has 0 aromatic heterocycles. The summed E-state index contributed by atoms with van der Waals surface area (Å²) >= 11 is 0. The van der Waals surface area contributed by atoms with E-state index in [1.54, 1.807) is 0 Å². The maximum Gasteiger partial charge on any atom is 0.307 e. The molecule has 22 heavy (non-hydrogen) atoms. The normalized spacial score (nSPS) is 20.2. The lowest BCUT2D eigenvalue weighted by molar-refractivity contribution is -0.153. The van der Waals surface area contributed by atoms with Gasteiger partial charge >= 0.3 is 11.9 Å². The average Bonchev–Trinajstić information content (AvgIpc) is 2.49. The second-order valence-corrected chi connectivity index (χ2v) is 5.61. The van der Waals surface area contributed by atoms with Crippen LogP contribution in [0.2, 0.25) is 0 Å². The van der Waals surface area contributed by atoms with Crippen LogP contribution in [0, 0.1) is 11.8 Å². The number of carboxylic acid groups (broad SMARTS) is 2. The first-order valence-corrected chi connectivity index (χ1v) is 7.19. The summed E-state index contributed by atoms with van der Waals surface area (Å²) in [4.78, 5) is 23.2. The van der Waals surface area contributed by atoms with E-state index in [1.807, 2.05) is 48.5 Å². The summed E-state index contributed by atoms with van der Waals surface area (Å²) in [6.45, 7) is 0. The minimum absolute atomic E-state index is 0.233. The first-order valence-electron chi connectivity index (χ1n) is 7.19. The summed E-state index contributed by atoms with van der Waals surface area (Å²) in [6, 6.07) is 15.2. The summed E-state index contributed by atoms with van der Waals surface area (Å²) in [7, 11) is 0. The van der Waals surface area contributed by atoms with Crippen LogP contribution in [-0.4, -0.2) is 22.2 Å². The molecule has 2 N–H and O–H groups in total. The van der Waals surface area contributed by atoms with Crippen LogP contribution in [0.1, 0.15) is 11.1 Å². The van der Waals surface area contributed by atoms with Crippen LogP contribution in [-0.2, 0) is 22.4 Å². The van der Waals surface area contributed by atoms with Crippen molar-refractivity contribution < 1.29 is 19.8 Å². The number of carboxylic acids is 2. The Morgan fingerprint density at radius 1 is 0.727 bits per heavy atom. The van der Waals surface area contributed by atoms with E-state index in [4.69, 9.17) is 0 Å². The summed E-state index contributed by atoms with van der Waals surface area (Å²) < 4.78 is 0. The fraction of sp³-hybridized carbons (Fsp3) is 0.222. The van der Waals surface area contributed by atoms with Gasteiger partial charge in [-0.25, -0.2) is 0 Å². The summed E-state index contributed by atoms with van der Waals surface area (Å²) in [5.41, 5.74) is 3.75. The van der Waals surface area contributed by atoms with Crippen molar-refractivity contribution in [2.24, 2.45) is 11.8 Å². The number of carbonyl (C=O) groups is 2. The van der Waals surface area contributed by atoms with Gasteiger partial charge in [0.05, 0.1) is 11.8 Å². The summed E-state index contributed by atoms with van der Waals surface area (Å²) in [5, 5.41) is 19.0. The van der Waals surface area contributed by atoms with E-state index >= 15 is 0 Å². The quantitative estimate of drug-likeness (QED) is 0.893. The van der Waals surface area contributed by atoms with Gasteiger partial charge in [0.25, 0.3) is 0 Å². The highest BCUT2D eigenvalue weighted by atomic mass is 16.4. The molecule has 2 atom stereocenters. The Labute approximate surface area is 128 Å². The molecular formula is C18H16O4. The Hall–Kier alpha value is -2.62. The third kappa shape index (κ3) is 2.48. The zero-order valence-corrected chi connectivity index (χ0v) is 11.9. The van der Waals surface area contributed by atoms with Crippen LogP contribution in [0.3, 0.4) is 0 Å². The lowest BCUT2D eigenvalue weighted by Gasteiger charge is -2.26. The molecule has 0 heterocycles. The SMILES string of the molecule is O=C(O)[C@H]1Cc2ccccc2-c2ccccc2C[C@H]1C(=O)O. The van der Waals surface area contributed by atoms with Crippen molar-refractivity contribution in [2.75, 3.05) is 0 Å². The Kier molecular flexibility index (Phi) is 3.67. The molecule has 0 radical (unpaired) electrons. The maximum atomic E-state index is 11.6. The molecular weight excluding hydrogens is 280 g/mol. The zero-order chi connectivity index (χ0) is 15.7. The predicted octanol–water partition coefficient (Wildman–Crippen LogP) is 2.85. The monoisotopic (exact) mass is 296 g/mol. The van der Waals surface area contributed by atoms with Crippen molar-refractivity contribution in [1.29, 1.82) is 0 Å². The second kappa shape index (κ2) is 5.64. The fourth-order valence-corrected chi connectivity index (χ4v) is 3.20. The Balaban J connectivity index is 2.20. The molecule has 4 heteroatoms. The van der Waals surface area contributed by atoms with Crippen molar-refractivity contribution in [1.82, 2.24) is 0 Å². The Bertz CT molecular complexity index is 672. The lowest BCUT2D eigenvalue weighted by atomic mass is 9.77. The van der Waals surface area contributed by atoms with Crippen LogP contribution in [0.15, 0.2) is 48.5 Å². The van der Waals surface area contributed by atoms with Crippen LogP contribution < -0.4 is 0 Å². The van der Waals surface area contributed by atoms with Crippen LogP contribution in [0.5, 0.6) is 0 Å².